The lowest BCUT2D eigenvalue weighted by Crippen LogP contribution is -2.46. The van der Waals surface area contributed by atoms with Gasteiger partial charge >= 0.3 is 0 Å². The molecule has 1 aliphatic rings. The molecule has 3 aromatic rings. The van der Waals surface area contributed by atoms with E-state index in [1.807, 2.05) is 19.1 Å². The number of aryl methyl sites for hydroxylation is 1. The highest BCUT2D eigenvalue weighted by atomic mass is 35.5. The Morgan fingerprint density at radius 3 is 2.48 bits per heavy atom. The summed E-state index contributed by atoms with van der Waals surface area (Å²) in [5, 5.41) is 8.88. The number of rotatable bonds is 11. The Morgan fingerprint density at radius 2 is 1.81 bits per heavy atom. The minimum atomic E-state index is -3.55. The van der Waals surface area contributed by atoms with Gasteiger partial charge in [0.15, 0.2) is 15.7 Å². The standard InChI is InChI=1S/C30H38ClN7O3S/c1-6-12-37-13-15-38(16-14-37)26-17-21(5)24(18-25(26)33-28(39)7-2)35-30-32-19-22(31)29(36-30)34-23-10-8-9-11-27(23)42(40,41)20(3)4/h7-11,17-20H,2,6,12-16H2,1,3-5H3,(H,33,39)(H2,32,34,35,36). The third-order valence-electron chi connectivity index (χ3n) is 7.10. The van der Waals surface area contributed by atoms with Crippen molar-refractivity contribution in [1.29, 1.82) is 0 Å². The van der Waals surface area contributed by atoms with Crippen molar-refractivity contribution in [2.45, 2.75) is 44.3 Å². The molecule has 4 rings (SSSR count). The van der Waals surface area contributed by atoms with Crippen LogP contribution < -0.4 is 20.9 Å². The highest BCUT2D eigenvalue weighted by Crippen LogP contribution is 2.35. The van der Waals surface area contributed by atoms with Crippen molar-refractivity contribution < 1.29 is 13.2 Å². The second kappa shape index (κ2) is 13.5. The van der Waals surface area contributed by atoms with Crippen molar-refractivity contribution in [3.8, 4) is 0 Å². The molecule has 1 aliphatic heterocycles. The summed E-state index contributed by atoms with van der Waals surface area (Å²) < 4.78 is 25.9. The molecule has 10 nitrogen and oxygen atoms in total. The zero-order valence-corrected chi connectivity index (χ0v) is 26.0. The van der Waals surface area contributed by atoms with E-state index < -0.39 is 15.1 Å². The lowest BCUT2D eigenvalue weighted by molar-refractivity contribution is -0.111. The van der Waals surface area contributed by atoms with E-state index in [2.05, 4.69) is 49.2 Å². The summed E-state index contributed by atoms with van der Waals surface area (Å²) in [5.41, 5.74) is 3.58. The average Bonchev–Trinajstić information content (AvgIpc) is 2.97. The van der Waals surface area contributed by atoms with Crippen molar-refractivity contribution in [2.75, 3.05) is 53.6 Å². The van der Waals surface area contributed by atoms with Gasteiger partial charge in [0, 0.05) is 31.9 Å². The number of nitrogens with one attached hydrogen (secondary N) is 3. The Kier molecular flexibility index (Phi) is 10.1. The number of nitrogens with zero attached hydrogens (tertiary/aromatic N) is 4. The van der Waals surface area contributed by atoms with Crippen molar-refractivity contribution >= 4 is 61.9 Å². The van der Waals surface area contributed by atoms with Crippen LogP contribution in [0.4, 0.5) is 34.5 Å². The first-order valence-electron chi connectivity index (χ1n) is 14.0. The minimum Gasteiger partial charge on any atom is -0.367 e. The number of hydrogen-bond acceptors (Lipinski definition) is 9. The summed E-state index contributed by atoms with van der Waals surface area (Å²) in [6.07, 6.45) is 3.81. The van der Waals surface area contributed by atoms with Crippen LogP contribution in [0.15, 0.2) is 60.1 Å². The molecule has 0 atom stereocenters. The van der Waals surface area contributed by atoms with Crippen molar-refractivity contribution in [3.05, 3.63) is 65.8 Å². The number of amides is 1. The number of para-hydroxylation sites is 1. The highest BCUT2D eigenvalue weighted by Gasteiger charge is 2.24. The highest BCUT2D eigenvalue weighted by molar-refractivity contribution is 7.92. The van der Waals surface area contributed by atoms with Crippen LogP contribution >= 0.6 is 11.6 Å². The minimum absolute atomic E-state index is 0.161. The molecule has 42 heavy (non-hydrogen) atoms. The van der Waals surface area contributed by atoms with Crippen LogP contribution in [0.5, 0.6) is 0 Å². The predicted molar refractivity (Wildman–Crippen MR) is 171 cm³/mol. The molecular formula is C30H38ClN7O3S. The summed E-state index contributed by atoms with van der Waals surface area (Å²) in [6, 6.07) is 10.5. The third kappa shape index (κ3) is 7.21. The molecule has 0 saturated carbocycles. The fourth-order valence-electron chi connectivity index (χ4n) is 4.74. The number of hydrogen-bond donors (Lipinski definition) is 3. The number of sulfone groups is 1. The Balaban J connectivity index is 1.63. The first-order valence-corrected chi connectivity index (χ1v) is 15.9. The summed E-state index contributed by atoms with van der Waals surface area (Å²) in [6.45, 7) is 15.7. The first kappa shape index (κ1) is 31.3. The predicted octanol–water partition coefficient (Wildman–Crippen LogP) is 5.76. The van der Waals surface area contributed by atoms with Gasteiger partial charge in [-0.15, -0.1) is 0 Å². The van der Waals surface area contributed by atoms with Gasteiger partial charge in [0.2, 0.25) is 11.9 Å². The SMILES string of the molecule is C=CC(=O)Nc1cc(Nc2ncc(Cl)c(Nc3ccccc3S(=O)(=O)C(C)C)n2)c(C)cc1N1CCN(CCC)CC1. The zero-order chi connectivity index (χ0) is 30.4. The normalized spacial score (nSPS) is 14.1. The number of carbonyl (C=O) groups is 1. The molecule has 1 aromatic heterocycles. The number of piperazine rings is 1. The number of carbonyl (C=O) groups excluding carboxylic acids is 1. The van der Waals surface area contributed by atoms with Gasteiger partial charge < -0.3 is 20.9 Å². The second-order valence-electron chi connectivity index (χ2n) is 10.4. The van der Waals surface area contributed by atoms with E-state index in [9.17, 15) is 13.2 Å². The molecule has 0 radical (unpaired) electrons. The van der Waals surface area contributed by atoms with Gasteiger partial charge in [-0.3, -0.25) is 9.69 Å². The maximum Gasteiger partial charge on any atom is 0.247 e. The number of halogens is 1. The smallest absolute Gasteiger partial charge is 0.247 e. The molecule has 3 N–H and O–H groups in total. The van der Waals surface area contributed by atoms with Gasteiger partial charge in [0.05, 0.1) is 33.4 Å². The van der Waals surface area contributed by atoms with E-state index in [0.717, 1.165) is 50.4 Å². The molecule has 2 heterocycles. The van der Waals surface area contributed by atoms with E-state index in [1.165, 1.54) is 12.3 Å². The Hall–Kier alpha value is -3.67. The fourth-order valence-corrected chi connectivity index (χ4v) is 6.08. The van der Waals surface area contributed by atoms with E-state index in [-0.39, 0.29) is 27.6 Å². The van der Waals surface area contributed by atoms with Crippen LogP contribution in [-0.2, 0) is 14.6 Å². The van der Waals surface area contributed by atoms with Gasteiger partial charge in [0.25, 0.3) is 0 Å². The molecule has 1 fully saturated rings. The maximum absolute atomic E-state index is 12.9. The molecule has 1 amide bonds. The van der Waals surface area contributed by atoms with Gasteiger partial charge in [0.1, 0.15) is 5.02 Å². The molecule has 1 saturated heterocycles. The quantitative estimate of drug-likeness (QED) is 0.232. The lowest BCUT2D eigenvalue weighted by atomic mass is 10.1. The molecule has 0 unspecified atom stereocenters. The van der Waals surface area contributed by atoms with E-state index in [4.69, 9.17) is 11.6 Å². The molecule has 0 aliphatic carbocycles. The summed E-state index contributed by atoms with van der Waals surface area (Å²) in [5.74, 6) is 0.191. The first-order chi connectivity index (χ1) is 20.0. The maximum atomic E-state index is 12.9. The molecule has 12 heteroatoms. The number of benzene rings is 2. The van der Waals surface area contributed by atoms with Gasteiger partial charge in [-0.1, -0.05) is 37.2 Å². The fraction of sp³-hybridized carbons (Fsp3) is 0.367. The summed E-state index contributed by atoms with van der Waals surface area (Å²) >= 11 is 6.41. The molecule has 224 valence electrons. The zero-order valence-electron chi connectivity index (χ0n) is 24.4. The van der Waals surface area contributed by atoms with Crippen LogP contribution in [-0.4, -0.2) is 67.2 Å². The third-order valence-corrected chi connectivity index (χ3v) is 9.58. The van der Waals surface area contributed by atoms with Crippen molar-refractivity contribution in [3.63, 3.8) is 0 Å². The van der Waals surface area contributed by atoms with Crippen LogP contribution in [0.1, 0.15) is 32.8 Å². The van der Waals surface area contributed by atoms with Crippen LogP contribution in [0, 0.1) is 6.92 Å². The van der Waals surface area contributed by atoms with Crippen molar-refractivity contribution in [1.82, 2.24) is 14.9 Å². The monoisotopic (exact) mass is 611 g/mol. The molecule has 0 bridgehead atoms. The van der Waals surface area contributed by atoms with Crippen LogP contribution in [0.25, 0.3) is 0 Å². The molecular weight excluding hydrogens is 574 g/mol. The van der Waals surface area contributed by atoms with E-state index in [1.54, 1.807) is 38.1 Å². The second-order valence-corrected chi connectivity index (χ2v) is 13.3. The molecule has 0 spiro atoms. The topological polar surface area (TPSA) is 120 Å². The van der Waals surface area contributed by atoms with Gasteiger partial charge in [-0.25, -0.2) is 13.4 Å². The number of anilines is 6. The number of aromatic nitrogens is 2. The Bertz CT molecular complexity index is 1550. The van der Waals surface area contributed by atoms with E-state index >= 15 is 0 Å². The van der Waals surface area contributed by atoms with Gasteiger partial charge in [-0.2, -0.15) is 4.98 Å². The largest absolute Gasteiger partial charge is 0.367 e. The Morgan fingerprint density at radius 1 is 1.10 bits per heavy atom. The van der Waals surface area contributed by atoms with Gasteiger partial charge in [-0.05, 0) is 69.6 Å². The summed E-state index contributed by atoms with van der Waals surface area (Å²) in [4.78, 5) is 26.1. The van der Waals surface area contributed by atoms with Crippen molar-refractivity contribution in [2.24, 2.45) is 0 Å². The lowest BCUT2D eigenvalue weighted by Gasteiger charge is -2.37. The average molecular weight is 612 g/mol. The van der Waals surface area contributed by atoms with Crippen LogP contribution in [0.2, 0.25) is 5.02 Å². The Labute approximate surface area is 253 Å². The van der Waals surface area contributed by atoms with E-state index in [0.29, 0.717) is 17.1 Å². The van der Waals surface area contributed by atoms with Crippen LogP contribution in [0.3, 0.4) is 0 Å². The summed E-state index contributed by atoms with van der Waals surface area (Å²) in [7, 11) is -3.55. The molecule has 2 aromatic carbocycles.